The van der Waals surface area contributed by atoms with Gasteiger partial charge in [-0.3, -0.25) is 4.79 Å². The standard InChI is InChI=1S/C22H22N4O2/c1-28-18-12-9-16(10-13-18)15-24-21-8-4-5-17(25-21)11-14-22(27)26-20-7-3-2-6-19(20)23/h2-14H,15,23H2,1H3,(H,24,25)(H,26,27)/b14-11-. The summed E-state index contributed by atoms with van der Waals surface area (Å²) in [5.41, 5.74) is 8.72. The van der Waals surface area contributed by atoms with E-state index in [1.54, 1.807) is 25.3 Å². The molecule has 0 aliphatic carbocycles. The molecule has 0 saturated carbocycles. The quantitative estimate of drug-likeness (QED) is 0.431. The van der Waals surface area contributed by atoms with Gasteiger partial charge in [-0.2, -0.15) is 0 Å². The van der Waals surface area contributed by atoms with Gasteiger partial charge in [0, 0.05) is 12.6 Å². The number of hydrogen-bond acceptors (Lipinski definition) is 5. The van der Waals surface area contributed by atoms with E-state index in [0.29, 0.717) is 23.6 Å². The molecule has 0 bridgehead atoms. The van der Waals surface area contributed by atoms with Gasteiger partial charge in [-0.05, 0) is 48.0 Å². The first-order valence-corrected chi connectivity index (χ1v) is 8.81. The van der Waals surface area contributed by atoms with Gasteiger partial charge in [-0.1, -0.05) is 30.3 Å². The Hall–Kier alpha value is -3.80. The highest BCUT2D eigenvalue weighted by Gasteiger charge is 2.02. The molecule has 4 N–H and O–H groups in total. The first-order valence-electron chi connectivity index (χ1n) is 8.81. The first kappa shape index (κ1) is 19.0. The molecule has 1 aromatic heterocycles. The molecule has 28 heavy (non-hydrogen) atoms. The molecule has 0 unspecified atom stereocenters. The van der Waals surface area contributed by atoms with E-state index in [4.69, 9.17) is 10.5 Å². The molecule has 142 valence electrons. The summed E-state index contributed by atoms with van der Waals surface area (Å²) in [5.74, 6) is 1.28. The number of amides is 1. The highest BCUT2D eigenvalue weighted by Crippen LogP contribution is 2.17. The van der Waals surface area contributed by atoms with Gasteiger partial charge in [0.2, 0.25) is 5.91 Å². The molecule has 0 fully saturated rings. The molecule has 0 aliphatic heterocycles. The van der Waals surface area contributed by atoms with Crippen molar-refractivity contribution in [3.63, 3.8) is 0 Å². The van der Waals surface area contributed by atoms with Gasteiger partial charge in [-0.15, -0.1) is 0 Å². The number of hydrogen-bond donors (Lipinski definition) is 3. The summed E-state index contributed by atoms with van der Waals surface area (Å²) < 4.78 is 5.16. The molecule has 1 amide bonds. The van der Waals surface area contributed by atoms with Crippen molar-refractivity contribution in [2.45, 2.75) is 6.54 Å². The van der Waals surface area contributed by atoms with Crippen LogP contribution in [0, 0.1) is 0 Å². The third-order valence-corrected chi connectivity index (χ3v) is 4.03. The van der Waals surface area contributed by atoms with Crippen LogP contribution in [0.1, 0.15) is 11.3 Å². The number of carbonyl (C=O) groups excluding carboxylic acids is 1. The Kier molecular flexibility index (Phi) is 6.25. The Morgan fingerprint density at radius 2 is 1.86 bits per heavy atom. The van der Waals surface area contributed by atoms with Crippen molar-refractivity contribution in [1.29, 1.82) is 0 Å². The summed E-state index contributed by atoms with van der Waals surface area (Å²) in [6.07, 6.45) is 3.09. The van der Waals surface area contributed by atoms with E-state index >= 15 is 0 Å². The molecule has 0 atom stereocenters. The van der Waals surface area contributed by atoms with E-state index < -0.39 is 0 Å². The van der Waals surface area contributed by atoms with Gasteiger partial charge in [-0.25, -0.2) is 4.98 Å². The van der Waals surface area contributed by atoms with Crippen LogP contribution < -0.4 is 21.1 Å². The molecule has 3 aromatic rings. The number of nitrogen functional groups attached to an aromatic ring is 1. The van der Waals surface area contributed by atoms with E-state index in [-0.39, 0.29) is 5.91 Å². The molecule has 0 spiro atoms. The van der Waals surface area contributed by atoms with Crippen LogP contribution in [0.15, 0.2) is 72.8 Å². The highest BCUT2D eigenvalue weighted by molar-refractivity contribution is 6.03. The minimum absolute atomic E-state index is 0.267. The van der Waals surface area contributed by atoms with Crippen LogP contribution in [0.2, 0.25) is 0 Å². The van der Waals surface area contributed by atoms with Gasteiger partial charge in [0.05, 0.1) is 24.2 Å². The molecule has 1 heterocycles. The monoisotopic (exact) mass is 374 g/mol. The summed E-state index contributed by atoms with van der Waals surface area (Å²) in [4.78, 5) is 16.6. The number of nitrogens with one attached hydrogen (secondary N) is 2. The fraction of sp³-hybridized carbons (Fsp3) is 0.0909. The van der Waals surface area contributed by atoms with E-state index in [9.17, 15) is 4.79 Å². The summed E-state index contributed by atoms with van der Waals surface area (Å²) in [5, 5.41) is 6.02. The zero-order valence-corrected chi connectivity index (χ0v) is 15.6. The summed E-state index contributed by atoms with van der Waals surface area (Å²) in [6.45, 7) is 0.637. The number of pyridine rings is 1. The van der Waals surface area contributed by atoms with Crippen LogP contribution in [0.3, 0.4) is 0 Å². The number of carbonyl (C=O) groups is 1. The Balaban J connectivity index is 1.58. The minimum Gasteiger partial charge on any atom is -0.497 e. The van der Waals surface area contributed by atoms with E-state index in [0.717, 1.165) is 17.1 Å². The van der Waals surface area contributed by atoms with Gasteiger partial charge >= 0.3 is 0 Å². The van der Waals surface area contributed by atoms with Crippen molar-refractivity contribution in [2.24, 2.45) is 0 Å². The fourth-order valence-corrected chi connectivity index (χ4v) is 2.53. The fourth-order valence-electron chi connectivity index (χ4n) is 2.53. The van der Waals surface area contributed by atoms with Crippen LogP contribution in [0.25, 0.3) is 6.08 Å². The number of rotatable bonds is 7. The number of methoxy groups -OCH3 is 1. The average Bonchev–Trinajstić information content (AvgIpc) is 2.73. The second-order valence-corrected chi connectivity index (χ2v) is 6.06. The molecule has 2 aromatic carbocycles. The largest absolute Gasteiger partial charge is 0.497 e. The smallest absolute Gasteiger partial charge is 0.248 e. The topological polar surface area (TPSA) is 89.3 Å². The SMILES string of the molecule is COc1ccc(CNc2cccc(/C=C\C(=O)Nc3ccccc3N)n2)cc1. The van der Waals surface area contributed by atoms with Gasteiger partial charge < -0.3 is 21.1 Å². The number of nitrogens with zero attached hydrogens (tertiary/aromatic N) is 1. The zero-order valence-electron chi connectivity index (χ0n) is 15.6. The Bertz CT molecular complexity index is 968. The third kappa shape index (κ3) is 5.35. The summed E-state index contributed by atoms with van der Waals surface area (Å²) in [6, 6.07) is 20.5. The molecule has 0 saturated heterocycles. The molecule has 6 heteroatoms. The number of para-hydroxylation sites is 2. The van der Waals surface area contributed by atoms with Crippen LogP contribution in [0.5, 0.6) is 5.75 Å². The number of aromatic nitrogens is 1. The Morgan fingerprint density at radius 1 is 1.07 bits per heavy atom. The zero-order chi connectivity index (χ0) is 19.8. The maximum absolute atomic E-state index is 12.1. The normalized spacial score (nSPS) is 10.6. The van der Waals surface area contributed by atoms with Crippen LogP contribution in [-0.2, 0) is 11.3 Å². The predicted molar refractivity (Wildman–Crippen MR) is 113 cm³/mol. The average molecular weight is 374 g/mol. The second-order valence-electron chi connectivity index (χ2n) is 6.06. The lowest BCUT2D eigenvalue weighted by atomic mass is 10.2. The molecule has 3 rings (SSSR count). The lowest BCUT2D eigenvalue weighted by Gasteiger charge is -2.07. The highest BCUT2D eigenvalue weighted by atomic mass is 16.5. The Morgan fingerprint density at radius 3 is 2.61 bits per heavy atom. The number of nitrogens with two attached hydrogens (primary N) is 1. The molecular formula is C22H22N4O2. The predicted octanol–water partition coefficient (Wildman–Crippen LogP) is 3.94. The lowest BCUT2D eigenvalue weighted by molar-refractivity contribution is -0.111. The summed E-state index contributed by atoms with van der Waals surface area (Å²) >= 11 is 0. The van der Waals surface area contributed by atoms with Gasteiger partial charge in [0.1, 0.15) is 11.6 Å². The maximum Gasteiger partial charge on any atom is 0.248 e. The van der Waals surface area contributed by atoms with Crippen LogP contribution >= 0.6 is 0 Å². The van der Waals surface area contributed by atoms with E-state index in [1.165, 1.54) is 6.08 Å². The number of ether oxygens (including phenoxy) is 1. The maximum atomic E-state index is 12.1. The molecule has 6 nitrogen and oxygen atoms in total. The Labute approximate surface area is 164 Å². The van der Waals surface area contributed by atoms with Crippen molar-refractivity contribution < 1.29 is 9.53 Å². The second kappa shape index (κ2) is 9.23. The number of benzene rings is 2. The third-order valence-electron chi connectivity index (χ3n) is 4.03. The molecule has 0 radical (unpaired) electrons. The lowest BCUT2D eigenvalue weighted by Crippen LogP contribution is -2.09. The van der Waals surface area contributed by atoms with Crippen LogP contribution in [0.4, 0.5) is 17.2 Å². The summed E-state index contributed by atoms with van der Waals surface area (Å²) in [7, 11) is 1.64. The number of anilines is 3. The van der Waals surface area contributed by atoms with Gasteiger partial charge in [0.15, 0.2) is 0 Å². The van der Waals surface area contributed by atoms with Crippen molar-refractivity contribution in [2.75, 3.05) is 23.5 Å². The van der Waals surface area contributed by atoms with E-state index in [1.807, 2.05) is 54.6 Å². The van der Waals surface area contributed by atoms with Gasteiger partial charge in [0.25, 0.3) is 0 Å². The molecule has 0 aliphatic rings. The van der Waals surface area contributed by atoms with Crippen molar-refractivity contribution >= 4 is 29.2 Å². The minimum atomic E-state index is -0.267. The molecular weight excluding hydrogens is 352 g/mol. The van der Waals surface area contributed by atoms with E-state index in [2.05, 4.69) is 15.6 Å². The van der Waals surface area contributed by atoms with Crippen molar-refractivity contribution in [1.82, 2.24) is 4.98 Å². The first-order chi connectivity index (χ1) is 13.6. The van der Waals surface area contributed by atoms with Crippen molar-refractivity contribution in [3.05, 3.63) is 84.1 Å². The van der Waals surface area contributed by atoms with Crippen LogP contribution in [-0.4, -0.2) is 18.0 Å². The van der Waals surface area contributed by atoms with Crippen molar-refractivity contribution in [3.8, 4) is 5.75 Å².